The van der Waals surface area contributed by atoms with Crippen molar-refractivity contribution in [1.29, 1.82) is 0 Å². The van der Waals surface area contributed by atoms with Gasteiger partial charge in [-0.25, -0.2) is 9.18 Å². The molecule has 18 heavy (non-hydrogen) atoms. The molecule has 0 unspecified atom stereocenters. The lowest BCUT2D eigenvalue weighted by molar-refractivity contribution is -0.117. The maximum absolute atomic E-state index is 13.3. The molecule has 1 aromatic carbocycles. The summed E-state index contributed by atoms with van der Waals surface area (Å²) in [5.74, 6) is -1.90. The number of benzene rings is 1. The van der Waals surface area contributed by atoms with Crippen LogP contribution in [0.15, 0.2) is 18.2 Å². The largest absolute Gasteiger partial charge is 0.465 e. The first kappa shape index (κ1) is 14.1. The van der Waals surface area contributed by atoms with Gasteiger partial charge in [0.2, 0.25) is 5.91 Å². The molecular formula is C12H15FN2O3. The fourth-order valence-corrected chi connectivity index (χ4v) is 1.29. The van der Waals surface area contributed by atoms with Crippen LogP contribution in [0.3, 0.4) is 0 Å². The number of hydrogen-bond donors (Lipinski definition) is 2. The van der Waals surface area contributed by atoms with Crippen molar-refractivity contribution >= 4 is 17.6 Å². The lowest BCUT2D eigenvalue weighted by Crippen LogP contribution is -2.34. The lowest BCUT2D eigenvalue weighted by Gasteiger charge is -2.11. The van der Waals surface area contributed by atoms with Crippen LogP contribution in [0.25, 0.3) is 0 Å². The van der Waals surface area contributed by atoms with E-state index in [2.05, 4.69) is 10.1 Å². The van der Waals surface area contributed by atoms with E-state index in [0.717, 1.165) is 13.2 Å². The van der Waals surface area contributed by atoms with Gasteiger partial charge in [-0.15, -0.1) is 0 Å². The van der Waals surface area contributed by atoms with Gasteiger partial charge in [-0.3, -0.25) is 4.79 Å². The second-order valence-electron chi connectivity index (χ2n) is 3.69. The average Bonchev–Trinajstić information content (AvgIpc) is 2.38. The molecule has 0 bridgehead atoms. The van der Waals surface area contributed by atoms with Gasteiger partial charge in [0, 0.05) is 5.69 Å². The smallest absolute Gasteiger partial charge is 0.340 e. The maximum Gasteiger partial charge on any atom is 0.340 e. The summed E-state index contributed by atoms with van der Waals surface area (Å²) in [6, 6.07) is 3.00. The molecule has 1 rings (SSSR count). The summed E-state index contributed by atoms with van der Waals surface area (Å²) < 4.78 is 17.8. The summed E-state index contributed by atoms with van der Waals surface area (Å²) >= 11 is 0. The number of nitrogens with one attached hydrogen (secondary N) is 1. The molecule has 0 saturated heterocycles. The summed E-state index contributed by atoms with van der Waals surface area (Å²) in [7, 11) is 1.15. The monoisotopic (exact) mass is 254 g/mol. The normalized spacial score (nSPS) is 11.8. The zero-order valence-electron chi connectivity index (χ0n) is 10.2. The van der Waals surface area contributed by atoms with Crippen LogP contribution >= 0.6 is 0 Å². The first-order chi connectivity index (χ1) is 8.49. The zero-order valence-corrected chi connectivity index (χ0v) is 10.2. The number of hydrogen-bond acceptors (Lipinski definition) is 4. The van der Waals surface area contributed by atoms with Gasteiger partial charge >= 0.3 is 5.97 Å². The van der Waals surface area contributed by atoms with Crippen LogP contribution in [0.2, 0.25) is 0 Å². The number of nitrogens with two attached hydrogens (primary N) is 1. The van der Waals surface area contributed by atoms with E-state index in [1.54, 1.807) is 6.92 Å². The summed E-state index contributed by atoms with van der Waals surface area (Å²) in [4.78, 5) is 22.8. The van der Waals surface area contributed by atoms with E-state index >= 15 is 0 Å². The molecule has 0 aromatic heterocycles. The van der Waals surface area contributed by atoms with E-state index in [4.69, 9.17) is 5.73 Å². The van der Waals surface area contributed by atoms with Gasteiger partial charge in [0.05, 0.1) is 18.7 Å². The summed E-state index contributed by atoms with van der Waals surface area (Å²) in [5.41, 5.74) is 5.60. The number of rotatable bonds is 4. The predicted molar refractivity (Wildman–Crippen MR) is 64.6 cm³/mol. The van der Waals surface area contributed by atoms with Crippen molar-refractivity contribution < 1.29 is 18.7 Å². The molecule has 98 valence electrons. The SMILES string of the molecule is CC[C@H](N)C(=O)Nc1ccc(F)c(C(=O)OC)c1. The molecule has 1 amide bonds. The molecule has 0 aliphatic heterocycles. The van der Waals surface area contributed by atoms with Crippen molar-refractivity contribution in [3.63, 3.8) is 0 Å². The van der Waals surface area contributed by atoms with Gasteiger partial charge in [0.1, 0.15) is 5.82 Å². The Balaban J connectivity index is 2.92. The van der Waals surface area contributed by atoms with E-state index in [9.17, 15) is 14.0 Å². The number of ether oxygens (including phenoxy) is 1. The Morgan fingerprint density at radius 1 is 1.50 bits per heavy atom. The lowest BCUT2D eigenvalue weighted by atomic mass is 10.1. The van der Waals surface area contributed by atoms with Gasteiger partial charge in [-0.2, -0.15) is 0 Å². The third kappa shape index (κ3) is 3.27. The second-order valence-corrected chi connectivity index (χ2v) is 3.69. The van der Waals surface area contributed by atoms with Crippen molar-refractivity contribution in [1.82, 2.24) is 0 Å². The number of amides is 1. The standard InChI is InChI=1S/C12H15FN2O3/c1-3-10(14)11(16)15-7-4-5-9(13)8(6-7)12(17)18-2/h4-6,10H,3,14H2,1-2H3,(H,15,16)/t10-/m0/s1. The molecule has 0 saturated carbocycles. The summed E-state index contributed by atoms with van der Waals surface area (Å²) in [5, 5.41) is 2.50. The van der Waals surface area contributed by atoms with Crippen molar-refractivity contribution in [2.75, 3.05) is 12.4 Å². The molecule has 3 N–H and O–H groups in total. The minimum absolute atomic E-state index is 0.236. The molecule has 0 heterocycles. The number of methoxy groups -OCH3 is 1. The van der Waals surface area contributed by atoms with Gasteiger partial charge in [0.25, 0.3) is 0 Å². The number of carbonyl (C=O) groups is 2. The fourth-order valence-electron chi connectivity index (χ4n) is 1.29. The highest BCUT2D eigenvalue weighted by Crippen LogP contribution is 2.16. The number of esters is 1. The molecule has 5 nitrogen and oxygen atoms in total. The van der Waals surface area contributed by atoms with Crippen LogP contribution in [0.5, 0.6) is 0 Å². The Morgan fingerprint density at radius 2 is 2.17 bits per heavy atom. The highest BCUT2D eigenvalue weighted by molar-refractivity contribution is 5.96. The molecule has 0 radical (unpaired) electrons. The van der Waals surface area contributed by atoms with E-state index in [-0.39, 0.29) is 11.5 Å². The predicted octanol–water partition coefficient (Wildman–Crippen LogP) is 1.29. The average molecular weight is 254 g/mol. The van der Waals surface area contributed by atoms with Crippen molar-refractivity contribution in [3.8, 4) is 0 Å². The first-order valence-electron chi connectivity index (χ1n) is 5.44. The molecule has 6 heteroatoms. The van der Waals surface area contributed by atoms with Crippen molar-refractivity contribution in [3.05, 3.63) is 29.6 Å². The zero-order chi connectivity index (χ0) is 13.7. The number of anilines is 1. The number of halogens is 1. The van der Waals surface area contributed by atoms with E-state index in [0.29, 0.717) is 12.1 Å². The van der Waals surface area contributed by atoms with Crippen LogP contribution in [-0.2, 0) is 9.53 Å². The molecule has 1 aromatic rings. The van der Waals surface area contributed by atoms with E-state index in [1.165, 1.54) is 12.1 Å². The third-order valence-electron chi connectivity index (χ3n) is 2.42. The van der Waals surface area contributed by atoms with E-state index < -0.39 is 17.8 Å². The van der Waals surface area contributed by atoms with Crippen LogP contribution in [0.1, 0.15) is 23.7 Å². The van der Waals surface area contributed by atoms with Gasteiger partial charge in [-0.05, 0) is 24.6 Å². The van der Waals surface area contributed by atoms with Crippen molar-refractivity contribution in [2.45, 2.75) is 19.4 Å². The molecule has 1 atom stereocenters. The topological polar surface area (TPSA) is 81.4 Å². The summed E-state index contributed by atoms with van der Waals surface area (Å²) in [6.45, 7) is 1.77. The third-order valence-corrected chi connectivity index (χ3v) is 2.42. The minimum atomic E-state index is -0.802. The Labute approximate surface area is 104 Å². The maximum atomic E-state index is 13.3. The Kier molecular flexibility index (Phi) is 4.79. The van der Waals surface area contributed by atoms with Crippen LogP contribution < -0.4 is 11.1 Å². The van der Waals surface area contributed by atoms with Crippen LogP contribution in [-0.4, -0.2) is 25.0 Å². The quantitative estimate of drug-likeness (QED) is 0.793. The highest BCUT2D eigenvalue weighted by Gasteiger charge is 2.15. The Hall–Kier alpha value is -1.95. The molecule has 0 spiro atoms. The van der Waals surface area contributed by atoms with Gasteiger partial charge < -0.3 is 15.8 Å². The van der Waals surface area contributed by atoms with Crippen molar-refractivity contribution in [2.24, 2.45) is 5.73 Å². The van der Waals surface area contributed by atoms with E-state index in [1.807, 2.05) is 0 Å². The second kappa shape index (κ2) is 6.11. The van der Waals surface area contributed by atoms with Gasteiger partial charge in [0.15, 0.2) is 0 Å². The molecular weight excluding hydrogens is 239 g/mol. The molecule has 0 aliphatic rings. The Bertz CT molecular complexity index is 463. The van der Waals surface area contributed by atoms with Gasteiger partial charge in [-0.1, -0.05) is 6.92 Å². The van der Waals surface area contributed by atoms with Crippen LogP contribution in [0.4, 0.5) is 10.1 Å². The molecule has 0 aliphatic carbocycles. The molecule has 0 fully saturated rings. The summed E-state index contributed by atoms with van der Waals surface area (Å²) in [6.07, 6.45) is 0.483. The number of carbonyl (C=O) groups excluding carboxylic acids is 2. The first-order valence-corrected chi connectivity index (χ1v) is 5.44. The Morgan fingerprint density at radius 3 is 2.72 bits per heavy atom. The highest BCUT2D eigenvalue weighted by atomic mass is 19.1. The van der Waals surface area contributed by atoms with Crippen LogP contribution in [0, 0.1) is 5.82 Å². The minimum Gasteiger partial charge on any atom is -0.465 e. The fraction of sp³-hybridized carbons (Fsp3) is 0.333.